The monoisotopic (exact) mass is 578 g/mol. The number of hydrogen-bond donors (Lipinski definition) is 2. The lowest BCUT2D eigenvalue weighted by atomic mass is 10.1. The van der Waals surface area contributed by atoms with E-state index in [0.29, 0.717) is 27.2 Å². The van der Waals surface area contributed by atoms with Gasteiger partial charge in [-0.25, -0.2) is 14.5 Å². The number of amides is 4. The van der Waals surface area contributed by atoms with Gasteiger partial charge in [0.2, 0.25) is 0 Å². The number of carboxylic acid groups (broad SMARTS) is 1. The molecule has 38 heavy (non-hydrogen) atoms. The van der Waals surface area contributed by atoms with E-state index in [1.807, 2.05) is 19.1 Å². The zero-order valence-corrected chi connectivity index (χ0v) is 22.1. The van der Waals surface area contributed by atoms with E-state index in [1.54, 1.807) is 36.4 Å². The Morgan fingerprint density at radius 2 is 1.66 bits per heavy atom. The predicted octanol–water partition coefficient (Wildman–Crippen LogP) is 4.96. The van der Waals surface area contributed by atoms with Crippen LogP contribution in [0, 0.1) is 0 Å². The van der Waals surface area contributed by atoms with Crippen LogP contribution in [0.1, 0.15) is 34.0 Å². The maximum absolute atomic E-state index is 13.2. The van der Waals surface area contributed by atoms with Crippen molar-refractivity contribution in [1.29, 1.82) is 0 Å². The SMILES string of the molecule is CCc1ccc(N2C(=O)NC(=O)/C(=C/c3cc(OC)c(OCc4ccc(C(=O)O)cc4)cc3Br)C2=O)cc1. The van der Waals surface area contributed by atoms with Gasteiger partial charge in [-0.15, -0.1) is 0 Å². The quantitative estimate of drug-likeness (QED) is 0.286. The number of imide groups is 2. The number of benzene rings is 3. The van der Waals surface area contributed by atoms with Crippen molar-refractivity contribution in [3.63, 3.8) is 0 Å². The van der Waals surface area contributed by atoms with Crippen LogP contribution in [0.25, 0.3) is 6.08 Å². The Labute approximate surface area is 226 Å². The molecule has 0 aliphatic carbocycles. The highest BCUT2D eigenvalue weighted by Crippen LogP contribution is 2.35. The van der Waals surface area contributed by atoms with E-state index in [4.69, 9.17) is 14.6 Å². The number of methoxy groups -OCH3 is 1. The number of urea groups is 1. The number of aryl methyl sites for hydroxylation is 1. The van der Waals surface area contributed by atoms with Crippen molar-refractivity contribution >= 4 is 51.5 Å². The number of nitrogens with one attached hydrogen (secondary N) is 1. The Hall–Kier alpha value is -4.44. The van der Waals surface area contributed by atoms with Crippen molar-refractivity contribution in [2.24, 2.45) is 0 Å². The first-order chi connectivity index (χ1) is 18.2. The fraction of sp³-hybridized carbons (Fsp3) is 0.143. The number of nitrogens with zero attached hydrogens (tertiary/aromatic N) is 1. The van der Waals surface area contributed by atoms with E-state index < -0.39 is 23.8 Å². The number of halogens is 1. The maximum Gasteiger partial charge on any atom is 0.335 e. The van der Waals surface area contributed by atoms with E-state index in [1.165, 1.54) is 25.3 Å². The highest BCUT2D eigenvalue weighted by atomic mass is 79.9. The van der Waals surface area contributed by atoms with Gasteiger partial charge >= 0.3 is 12.0 Å². The van der Waals surface area contributed by atoms with Crippen LogP contribution in [0.4, 0.5) is 10.5 Å². The number of ether oxygens (including phenoxy) is 2. The first-order valence-corrected chi connectivity index (χ1v) is 12.3. The van der Waals surface area contributed by atoms with Crippen LogP contribution in [-0.4, -0.2) is 36.0 Å². The van der Waals surface area contributed by atoms with Gasteiger partial charge in [-0.1, -0.05) is 47.1 Å². The molecule has 4 rings (SSSR count). The summed E-state index contributed by atoms with van der Waals surface area (Å²) in [6.07, 6.45) is 2.18. The largest absolute Gasteiger partial charge is 0.493 e. The molecule has 0 saturated carbocycles. The fourth-order valence-corrected chi connectivity index (χ4v) is 4.20. The fourth-order valence-electron chi connectivity index (χ4n) is 3.77. The van der Waals surface area contributed by atoms with Gasteiger partial charge in [0, 0.05) is 4.47 Å². The molecule has 0 radical (unpaired) electrons. The molecule has 0 atom stereocenters. The molecule has 194 valence electrons. The van der Waals surface area contributed by atoms with Crippen molar-refractivity contribution in [1.82, 2.24) is 5.32 Å². The molecule has 4 amide bonds. The summed E-state index contributed by atoms with van der Waals surface area (Å²) in [7, 11) is 1.45. The molecule has 1 saturated heterocycles. The molecular weight excluding hydrogens is 556 g/mol. The molecule has 0 unspecified atom stereocenters. The van der Waals surface area contributed by atoms with Crippen LogP contribution in [0.2, 0.25) is 0 Å². The molecule has 0 bridgehead atoms. The van der Waals surface area contributed by atoms with Crippen LogP contribution in [0.15, 0.2) is 70.7 Å². The second-order valence-corrected chi connectivity index (χ2v) is 9.15. The van der Waals surface area contributed by atoms with Crippen molar-refractivity contribution in [2.75, 3.05) is 12.0 Å². The summed E-state index contributed by atoms with van der Waals surface area (Å²) in [5.74, 6) is -1.85. The Morgan fingerprint density at radius 3 is 2.26 bits per heavy atom. The molecule has 10 heteroatoms. The molecular formula is C28H23BrN2O7. The average Bonchev–Trinajstić information content (AvgIpc) is 2.91. The predicted molar refractivity (Wildman–Crippen MR) is 143 cm³/mol. The van der Waals surface area contributed by atoms with Crippen LogP contribution >= 0.6 is 15.9 Å². The first-order valence-electron chi connectivity index (χ1n) is 11.5. The summed E-state index contributed by atoms with van der Waals surface area (Å²) in [5.41, 5.74) is 2.54. The summed E-state index contributed by atoms with van der Waals surface area (Å²) in [4.78, 5) is 50.3. The zero-order chi connectivity index (χ0) is 27.4. The Bertz CT molecular complexity index is 1450. The standard InChI is InChI=1S/C28H23BrN2O7/c1-3-16-6-10-20(11-7-16)31-26(33)21(25(32)30-28(31)36)12-19-13-23(37-2)24(14-22(19)29)38-15-17-4-8-18(9-5-17)27(34)35/h4-14H,3,15H2,1-2H3,(H,34,35)(H,30,32,36)/b21-12-. The van der Waals surface area contributed by atoms with Gasteiger partial charge in [-0.3, -0.25) is 14.9 Å². The summed E-state index contributed by atoms with van der Waals surface area (Å²) >= 11 is 3.45. The van der Waals surface area contributed by atoms with E-state index in [2.05, 4.69) is 21.2 Å². The van der Waals surface area contributed by atoms with Crippen molar-refractivity contribution < 1.29 is 33.8 Å². The molecule has 0 spiro atoms. The summed E-state index contributed by atoms with van der Waals surface area (Å²) in [6, 6.07) is 15.6. The van der Waals surface area contributed by atoms with Gasteiger partial charge in [0.25, 0.3) is 11.8 Å². The lowest BCUT2D eigenvalue weighted by Gasteiger charge is -2.26. The van der Waals surface area contributed by atoms with E-state index >= 15 is 0 Å². The van der Waals surface area contributed by atoms with E-state index in [-0.39, 0.29) is 17.7 Å². The molecule has 3 aromatic rings. The second-order valence-electron chi connectivity index (χ2n) is 8.29. The molecule has 1 aliphatic rings. The highest BCUT2D eigenvalue weighted by molar-refractivity contribution is 9.10. The van der Waals surface area contributed by atoms with Gasteiger partial charge < -0.3 is 14.6 Å². The van der Waals surface area contributed by atoms with E-state index in [0.717, 1.165) is 22.4 Å². The van der Waals surface area contributed by atoms with Crippen molar-refractivity contribution in [2.45, 2.75) is 20.0 Å². The minimum absolute atomic E-state index is 0.151. The Balaban J connectivity index is 1.60. The van der Waals surface area contributed by atoms with Gasteiger partial charge in [0.1, 0.15) is 12.2 Å². The number of carbonyl (C=O) groups excluding carboxylic acids is 3. The molecule has 0 aromatic heterocycles. The zero-order valence-electron chi connectivity index (χ0n) is 20.5. The number of barbiturate groups is 1. The number of aromatic carboxylic acids is 1. The molecule has 1 aliphatic heterocycles. The first kappa shape index (κ1) is 26.6. The Morgan fingerprint density at radius 1 is 1.00 bits per heavy atom. The highest BCUT2D eigenvalue weighted by Gasteiger charge is 2.37. The minimum Gasteiger partial charge on any atom is -0.493 e. The molecule has 1 heterocycles. The van der Waals surface area contributed by atoms with Gasteiger partial charge in [0.05, 0.1) is 18.4 Å². The number of carbonyl (C=O) groups is 4. The number of anilines is 1. The van der Waals surface area contributed by atoms with Gasteiger partial charge in [-0.05, 0) is 65.6 Å². The third-order valence-electron chi connectivity index (χ3n) is 5.88. The third kappa shape index (κ3) is 5.60. The minimum atomic E-state index is -1.01. The number of hydrogen-bond acceptors (Lipinski definition) is 6. The Kier molecular flexibility index (Phi) is 7.92. The third-order valence-corrected chi connectivity index (χ3v) is 6.57. The lowest BCUT2D eigenvalue weighted by Crippen LogP contribution is -2.54. The summed E-state index contributed by atoms with van der Waals surface area (Å²) in [5, 5.41) is 11.3. The van der Waals surface area contributed by atoms with Crippen LogP contribution in [-0.2, 0) is 22.6 Å². The summed E-state index contributed by atoms with van der Waals surface area (Å²) in [6.45, 7) is 2.15. The molecule has 2 N–H and O–H groups in total. The van der Waals surface area contributed by atoms with Crippen LogP contribution < -0.4 is 19.7 Å². The summed E-state index contributed by atoms with van der Waals surface area (Å²) < 4.78 is 11.8. The normalized spacial score (nSPS) is 14.4. The van der Waals surface area contributed by atoms with Gasteiger partial charge in [0.15, 0.2) is 11.5 Å². The van der Waals surface area contributed by atoms with Crippen molar-refractivity contribution in [3.8, 4) is 11.5 Å². The molecule has 3 aromatic carbocycles. The van der Waals surface area contributed by atoms with Crippen LogP contribution in [0.3, 0.4) is 0 Å². The van der Waals surface area contributed by atoms with Crippen molar-refractivity contribution in [3.05, 3.63) is 93.0 Å². The van der Waals surface area contributed by atoms with Crippen LogP contribution in [0.5, 0.6) is 11.5 Å². The smallest absolute Gasteiger partial charge is 0.335 e. The average molecular weight is 579 g/mol. The number of carboxylic acids is 1. The maximum atomic E-state index is 13.2. The number of rotatable bonds is 8. The second kappa shape index (κ2) is 11.3. The van der Waals surface area contributed by atoms with Gasteiger partial charge in [-0.2, -0.15) is 0 Å². The lowest BCUT2D eigenvalue weighted by molar-refractivity contribution is -0.122. The van der Waals surface area contributed by atoms with E-state index in [9.17, 15) is 19.2 Å². The molecule has 1 fully saturated rings. The molecule has 9 nitrogen and oxygen atoms in total. The topological polar surface area (TPSA) is 122 Å².